The predicted octanol–water partition coefficient (Wildman–Crippen LogP) is 7.09. The number of urea groups is 1. The first-order valence-corrected chi connectivity index (χ1v) is 14.4. The molecule has 1 unspecified atom stereocenters. The Morgan fingerprint density at radius 2 is 1.47 bits per heavy atom. The zero-order valence-corrected chi connectivity index (χ0v) is 22.4. The van der Waals surface area contributed by atoms with Crippen molar-refractivity contribution in [2.45, 2.75) is 123 Å². The van der Waals surface area contributed by atoms with Crippen LogP contribution < -0.4 is 16.2 Å². The van der Waals surface area contributed by atoms with Crippen LogP contribution >= 0.6 is 11.5 Å². The van der Waals surface area contributed by atoms with E-state index in [9.17, 15) is 4.79 Å². The van der Waals surface area contributed by atoms with Crippen LogP contribution in [0.5, 0.6) is 0 Å². The second-order valence-electron chi connectivity index (χ2n) is 9.25. The van der Waals surface area contributed by atoms with E-state index in [0.29, 0.717) is 29.8 Å². The van der Waals surface area contributed by atoms with Crippen molar-refractivity contribution in [2.75, 3.05) is 18.6 Å². The van der Waals surface area contributed by atoms with Crippen molar-refractivity contribution in [1.82, 2.24) is 20.1 Å². The molecule has 0 aliphatic carbocycles. The molecule has 1 atom stereocenters. The van der Waals surface area contributed by atoms with Gasteiger partial charge in [0, 0.05) is 24.5 Å². The number of nitrogens with zero attached hydrogens (tertiary/aromatic N) is 2. The van der Waals surface area contributed by atoms with Crippen molar-refractivity contribution >= 4 is 22.7 Å². The average Bonchev–Trinajstić information content (AvgIpc) is 3.30. The largest absolute Gasteiger partial charge is 0.336 e. The van der Waals surface area contributed by atoms with E-state index >= 15 is 0 Å². The third-order valence-electron chi connectivity index (χ3n) is 6.15. The maximum atomic E-state index is 12.3. The van der Waals surface area contributed by atoms with E-state index in [1.807, 2.05) is 0 Å². The number of aromatic nitrogens is 2. The quantitative estimate of drug-likeness (QED) is 0.0727. The Bertz CT molecular complexity index is 603. The zero-order valence-electron chi connectivity index (χ0n) is 21.6. The normalized spacial score (nSPS) is 12.0. The number of carbonyl (C=O) groups excluding carboxylic acids is 1. The van der Waals surface area contributed by atoms with Crippen LogP contribution in [0.15, 0.2) is 0 Å². The molecule has 1 aromatic rings. The van der Waals surface area contributed by atoms with Gasteiger partial charge in [-0.05, 0) is 18.8 Å². The van der Waals surface area contributed by atoms with E-state index < -0.39 is 0 Å². The molecule has 4 N–H and O–H groups in total. The van der Waals surface area contributed by atoms with Gasteiger partial charge in [-0.2, -0.15) is 4.37 Å². The van der Waals surface area contributed by atoms with Crippen molar-refractivity contribution in [3.05, 3.63) is 5.82 Å². The Labute approximate surface area is 211 Å². The fourth-order valence-electron chi connectivity index (χ4n) is 4.06. The molecule has 0 saturated carbocycles. The highest BCUT2D eigenvalue weighted by Crippen LogP contribution is 2.19. The molecule has 0 aromatic carbocycles. The number of unbranched alkanes of at least 4 members (excludes halogenated alkanes) is 12. The summed E-state index contributed by atoms with van der Waals surface area (Å²) in [5.74, 6) is 1.09. The molecule has 0 fully saturated rings. The Morgan fingerprint density at radius 3 is 2.03 bits per heavy atom. The Balaban J connectivity index is 2.28. The first kappa shape index (κ1) is 30.6. The van der Waals surface area contributed by atoms with Crippen molar-refractivity contribution in [3.63, 3.8) is 0 Å². The summed E-state index contributed by atoms with van der Waals surface area (Å²) in [6, 6.07) is -0.251. The predicted molar refractivity (Wildman–Crippen MR) is 141 cm³/mol. The molecule has 34 heavy (non-hydrogen) atoms. The number of carbonyl (C=O) groups is 1. The SMILES string of the molecule is CCCCCCCCCCC(CCCCCCCC)CNC(=O)NNc1nc(CCOO)ns1. The van der Waals surface area contributed by atoms with Crippen LogP contribution in [-0.4, -0.2) is 33.8 Å². The van der Waals surface area contributed by atoms with Gasteiger partial charge in [0.25, 0.3) is 0 Å². The smallest absolute Gasteiger partial charge is 0.333 e. The second-order valence-corrected chi connectivity index (χ2v) is 10.00. The molecular weight excluding hydrogens is 450 g/mol. The van der Waals surface area contributed by atoms with Gasteiger partial charge in [-0.3, -0.25) is 10.7 Å². The average molecular weight is 500 g/mol. The molecule has 0 saturated heterocycles. The third-order valence-corrected chi connectivity index (χ3v) is 6.82. The van der Waals surface area contributed by atoms with Crippen LogP contribution in [0.4, 0.5) is 9.93 Å². The monoisotopic (exact) mass is 499 g/mol. The Kier molecular flexibility index (Phi) is 19.8. The van der Waals surface area contributed by atoms with E-state index in [1.54, 1.807) is 0 Å². The highest BCUT2D eigenvalue weighted by atomic mass is 32.1. The number of hydrazine groups is 1. The first-order valence-electron chi connectivity index (χ1n) is 13.6. The summed E-state index contributed by atoms with van der Waals surface area (Å²) in [7, 11) is 0. The minimum absolute atomic E-state index is 0.142. The number of hydrogen-bond donors (Lipinski definition) is 4. The van der Waals surface area contributed by atoms with Crippen LogP contribution in [0.1, 0.15) is 122 Å². The molecular formula is C25H49N5O3S. The first-order chi connectivity index (χ1) is 16.7. The molecule has 1 aromatic heterocycles. The lowest BCUT2D eigenvalue weighted by atomic mass is 9.94. The van der Waals surface area contributed by atoms with Crippen molar-refractivity contribution < 1.29 is 14.9 Å². The fourth-order valence-corrected chi connectivity index (χ4v) is 4.63. The topological polar surface area (TPSA) is 108 Å². The van der Waals surface area contributed by atoms with Gasteiger partial charge in [0.2, 0.25) is 5.13 Å². The van der Waals surface area contributed by atoms with Crippen molar-refractivity contribution in [3.8, 4) is 0 Å². The summed E-state index contributed by atoms with van der Waals surface area (Å²) in [4.78, 5) is 20.5. The molecule has 1 heterocycles. The molecule has 2 amide bonds. The summed E-state index contributed by atoms with van der Waals surface area (Å²) < 4.78 is 4.14. The molecule has 0 aliphatic rings. The Hall–Kier alpha value is -1.45. The maximum absolute atomic E-state index is 12.3. The summed E-state index contributed by atoms with van der Waals surface area (Å²) in [6.45, 7) is 5.36. The van der Waals surface area contributed by atoms with Crippen molar-refractivity contribution in [2.24, 2.45) is 5.92 Å². The zero-order chi connectivity index (χ0) is 24.7. The van der Waals surface area contributed by atoms with E-state index in [0.717, 1.165) is 11.5 Å². The lowest BCUT2D eigenvalue weighted by Crippen LogP contribution is -2.41. The molecule has 0 aliphatic heterocycles. The lowest BCUT2D eigenvalue weighted by molar-refractivity contribution is -0.241. The molecule has 8 nitrogen and oxygen atoms in total. The van der Waals surface area contributed by atoms with E-state index in [1.165, 1.54) is 103 Å². The Morgan fingerprint density at radius 1 is 0.912 bits per heavy atom. The number of rotatable bonds is 23. The van der Waals surface area contributed by atoms with Gasteiger partial charge in [-0.1, -0.05) is 104 Å². The van der Waals surface area contributed by atoms with Crippen LogP contribution in [0.25, 0.3) is 0 Å². The van der Waals surface area contributed by atoms with Gasteiger partial charge < -0.3 is 5.32 Å². The van der Waals surface area contributed by atoms with E-state index in [4.69, 9.17) is 5.26 Å². The number of anilines is 1. The highest BCUT2D eigenvalue weighted by Gasteiger charge is 2.11. The minimum Gasteiger partial charge on any atom is -0.336 e. The highest BCUT2D eigenvalue weighted by molar-refractivity contribution is 7.09. The molecule has 9 heteroatoms. The third kappa shape index (κ3) is 17.1. The van der Waals surface area contributed by atoms with E-state index in [-0.39, 0.29) is 12.6 Å². The number of hydrogen-bond acceptors (Lipinski definition) is 7. The lowest BCUT2D eigenvalue weighted by Gasteiger charge is -2.18. The number of amides is 2. The van der Waals surface area contributed by atoms with Gasteiger partial charge in [0.15, 0.2) is 0 Å². The minimum atomic E-state index is -0.251. The van der Waals surface area contributed by atoms with Crippen LogP contribution in [0, 0.1) is 5.92 Å². The summed E-state index contributed by atoms with van der Waals surface area (Å²) in [6.07, 6.45) is 21.3. The molecule has 0 bridgehead atoms. The second kappa shape index (κ2) is 22.0. The van der Waals surface area contributed by atoms with Gasteiger partial charge >= 0.3 is 6.03 Å². The number of nitrogens with one attached hydrogen (secondary N) is 3. The van der Waals surface area contributed by atoms with Gasteiger partial charge in [-0.25, -0.2) is 20.1 Å². The van der Waals surface area contributed by atoms with Crippen LogP contribution in [-0.2, 0) is 11.3 Å². The summed E-state index contributed by atoms with van der Waals surface area (Å²) in [5.41, 5.74) is 5.44. The van der Waals surface area contributed by atoms with Gasteiger partial charge in [-0.15, -0.1) is 0 Å². The maximum Gasteiger partial charge on any atom is 0.333 e. The van der Waals surface area contributed by atoms with Gasteiger partial charge in [0.05, 0.1) is 6.61 Å². The summed E-state index contributed by atoms with van der Waals surface area (Å²) >= 11 is 1.16. The van der Waals surface area contributed by atoms with Gasteiger partial charge in [0.1, 0.15) is 5.82 Å². The van der Waals surface area contributed by atoms with Crippen molar-refractivity contribution in [1.29, 1.82) is 0 Å². The molecule has 0 spiro atoms. The molecule has 1 rings (SSSR count). The van der Waals surface area contributed by atoms with E-state index in [2.05, 4.69) is 44.3 Å². The molecule has 0 radical (unpaired) electrons. The molecule has 198 valence electrons. The van der Waals surface area contributed by atoms with Crippen LogP contribution in [0.2, 0.25) is 0 Å². The standard InChI is InChI=1S/C25H49N5O3S/c1-3-5-7-9-11-12-14-16-18-22(17-15-13-10-8-6-4-2)21-26-24(31)28-29-25-27-23(30-34-25)19-20-33-32/h22,32H,3-21H2,1-2H3,(H2,26,28,31)(H,27,29,30). The van der Waals surface area contributed by atoms with Crippen LogP contribution in [0.3, 0.4) is 0 Å². The summed E-state index contributed by atoms with van der Waals surface area (Å²) in [5, 5.41) is 11.9. The fraction of sp³-hybridized carbons (Fsp3) is 0.880.